The van der Waals surface area contributed by atoms with Crippen molar-refractivity contribution in [2.75, 3.05) is 32.6 Å². The van der Waals surface area contributed by atoms with Crippen molar-refractivity contribution in [3.63, 3.8) is 0 Å². The molecule has 82 valence electrons. The van der Waals surface area contributed by atoms with Crippen LogP contribution in [-0.4, -0.2) is 43.2 Å². The van der Waals surface area contributed by atoms with Crippen LogP contribution in [0.1, 0.15) is 6.42 Å². The van der Waals surface area contributed by atoms with Gasteiger partial charge in [0.05, 0.1) is 7.11 Å². The van der Waals surface area contributed by atoms with Crippen LogP contribution in [-0.2, 0) is 0 Å². The number of anilines is 1. The molecule has 1 unspecified atom stereocenters. The van der Waals surface area contributed by atoms with E-state index in [1.165, 1.54) is 0 Å². The fraction of sp³-hybridized carbons (Fsp3) is 0.545. The fourth-order valence-corrected chi connectivity index (χ4v) is 1.91. The van der Waals surface area contributed by atoms with Crippen molar-refractivity contribution >= 4 is 5.82 Å². The van der Waals surface area contributed by atoms with Crippen LogP contribution in [0.2, 0.25) is 0 Å². The Morgan fingerprint density at radius 3 is 3.13 bits per heavy atom. The largest absolute Gasteiger partial charge is 0.493 e. The lowest BCUT2D eigenvalue weighted by Gasteiger charge is -2.15. The van der Waals surface area contributed by atoms with Gasteiger partial charge in [0.2, 0.25) is 0 Å². The Balaban J connectivity index is 2.04. The van der Waals surface area contributed by atoms with Crippen LogP contribution in [0.25, 0.3) is 0 Å². The Bertz CT molecular complexity index is 329. The second-order valence-electron chi connectivity index (χ2n) is 3.95. The molecule has 4 heteroatoms. The Kier molecular flexibility index (Phi) is 3.06. The van der Waals surface area contributed by atoms with E-state index in [9.17, 15) is 0 Å². The first kappa shape index (κ1) is 10.2. The average molecular weight is 207 g/mol. The average Bonchev–Trinajstić information content (AvgIpc) is 2.65. The minimum atomic E-state index is 0.485. The topological polar surface area (TPSA) is 37.4 Å². The van der Waals surface area contributed by atoms with Gasteiger partial charge >= 0.3 is 0 Å². The molecule has 1 atom stereocenters. The van der Waals surface area contributed by atoms with Crippen molar-refractivity contribution < 1.29 is 4.74 Å². The molecule has 0 spiro atoms. The fourth-order valence-electron chi connectivity index (χ4n) is 1.91. The maximum atomic E-state index is 5.24. The first-order valence-corrected chi connectivity index (χ1v) is 5.23. The summed E-state index contributed by atoms with van der Waals surface area (Å²) in [5.41, 5.74) is 0. The van der Waals surface area contributed by atoms with Gasteiger partial charge in [-0.2, -0.15) is 0 Å². The van der Waals surface area contributed by atoms with Crippen molar-refractivity contribution in [3.05, 3.63) is 18.3 Å². The molecular formula is C11H17N3O. The van der Waals surface area contributed by atoms with Crippen molar-refractivity contribution in [2.24, 2.45) is 0 Å². The van der Waals surface area contributed by atoms with Crippen molar-refractivity contribution in [3.8, 4) is 5.75 Å². The molecule has 0 amide bonds. The molecule has 0 aliphatic carbocycles. The highest BCUT2D eigenvalue weighted by molar-refractivity contribution is 5.50. The molecule has 1 aromatic heterocycles. The van der Waals surface area contributed by atoms with E-state index in [0.29, 0.717) is 6.04 Å². The van der Waals surface area contributed by atoms with E-state index in [1.54, 1.807) is 13.3 Å². The van der Waals surface area contributed by atoms with Crippen molar-refractivity contribution in [1.82, 2.24) is 9.88 Å². The van der Waals surface area contributed by atoms with E-state index in [1.807, 2.05) is 12.1 Å². The van der Waals surface area contributed by atoms with E-state index in [-0.39, 0.29) is 0 Å². The third-order valence-electron chi connectivity index (χ3n) is 2.72. The molecule has 0 radical (unpaired) electrons. The van der Waals surface area contributed by atoms with Gasteiger partial charge in [-0.25, -0.2) is 4.98 Å². The van der Waals surface area contributed by atoms with Crippen molar-refractivity contribution in [1.29, 1.82) is 0 Å². The number of likely N-dealkylation sites (tertiary alicyclic amines) is 1. The van der Waals surface area contributed by atoms with Crippen LogP contribution in [0.15, 0.2) is 18.3 Å². The van der Waals surface area contributed by atoms with Gasteiger partial charge in [-0.05, 0) is 32.1 Å². The molecule has 1 saturated heterocycles. The van der Waals surface area contributed by atoms with E-state index >= 15 is 0 Å². The van der Waals surface area contributed by atoms with Crippen LogP contribution < -0.4 is 10.1 Å². The number of hydrogen-bond acceptors (Lipinski definition) is 4. The molecule has 1 fully saturated rings. The summed E-state index contributed by atoms with van der Waals surface area (Å²) in [5, 5.41) is 3.41. The summed E-state index contributed by atoms with van der Waals surface area (Å²) in [4.78, 5) is 6.60. The Labute approximate surface area is 90.3 Å². The first-order valence-electron chi connectivity index (χ1n) is 5.23. The van der Waals surface area contributed by atoms with Crippen molar-refractivity contribution in [2.45, 2.75) is 12.5 Å². The quantitative estimate of drug-likeness (QED) is 0.808. The molecule has 1 aliphatic rings. The highest BCUT2D eigenvalue weighted by Gasteiger charge is 2.20. The summed E-state index contributed by atoms with van der Waals surface area (Å²) in [6.07, 6.45) is 2.94. The molecule has 1 N–H and O–H groups in total. The van der Waals surface area contributed by atoms with Gasteiger partial charge in [0.1, 0.15) is 0 Å². The van der Waals surface area contributed by atoms with Crippen LogP contribution in [0.3, 0.4) is 0 Å². The number of nitrogens with one attached hydrogen (secondary N) is 1. The summed E-state index contributed by atoms with van der Waals surface area (Å²) in [6, 6.07) is 4.29. The van der Waals surface area contributed by atoms with Gasteiger partial charge in [-0.3, -0.25) is 0 Å². The Morgan fingerprint density at radius 2 is 2.47 bits per heavy atom. The van der Waals surface area contributed by atoms with E-state index in [0.717, 1.165) is 31.1 Å². The lowest BCUT2D eigenvalue weighted by atomic mass is 10.2. The SMILES string of the molecule is COc1cccnc1NC1CCN(C)C1. The summed E-state index contributed by atoms with van der Waals surface area (Å²) in [5.74, 6) is 1.66. The molecule has 0 aromatic carbocycles. The number of aromatic nitrogens is 1. The van der Waals surface area contributed by atoms with Crippen LogP contribution in [0.4, 0.5) is 5.82 Å². The summed E-state index contributed by atoms with van der Waals surface area (Å²) in [6.45, 7) is 2.21. The third-order valence-corrected chi connectivity index (χ3v) is 2.72. The van der Waals surface area contributed by atoms with Gasteiger partial charge in [-0.1, -0.05) is 0 Å². The number of nitrogens with zero attached hydrogens (tertiary/aromatic N) is 2. The van der Waals surface area contributed by atoms with E-state index < -0.39 is 0 Å². The molecule has 2 heterocycles. The molecule has 1 aromatic rings. The number of hydrogen-bond donors (Lipinski definition) is 1. The monoisotopic (exact) mass is 207 g/mol. The van der Waals surface area contributed by atoms with Crippen LogP contribution in [0.5, 0.6) is 5.75 Å². The van der Waals surface area contributed by atoms with Gasteiger partial charge in [0, 0.05) is 18.8 Å². The summed E-state index contributed by atoms with van der Waals surface area (Å²) in [7, 11) is 3.81. The zero-order valence-electron chi connectivity index (χ0n) is 9.23. The normalized spacial score (nSPS) is 21.6. The molecule has 4 nitrogen and oxygen atoms in total. The molecular weight excluding hydrogens is 190 g/mol. The Hall–Kier alpha value is -1.29. The minimum Gasteiger partial charge on any atom is -0.493 e. The minimum absolute atomic E-state index is 0.485. The van der Waals surface area contributed by atoms with Gasteiger partial charge < -0.3 is 15.0 Å². The van der Waals surface area contributed by atoms with Crippen LogP contribution in [0, 0.1) is 0 Å². The second-order valence-corrected chi connectivity index (χ2v) is 3.95. The highest BCUT2D eigenvalue weighted by Crippen LogP contribution is 2.22. The van der Waals surface area contributed by atoms with Gasteiger partial charge in [0.25, 0.3) is 0 Å². The second kappa shape index (κ2) is 4.49. The number of ether oxygens (including phenoxy) is 1. The smallest absolute Gasteiger partial charge is 0.168 e. The molecule has 0 saturated carbocycles. The maximum absolute atomic E-state index is 5.24. The highest BCUT2D eigenvalue weighted by atomic mass is 16.5. The Morgan fingerprint density at radius 1 is 1.60 bits per heavy atom. The summed E-state index contributed by atoms with van der Waals surface area (Å²) < 4.78 is 5.24. The zero-order valence-corrected chi connectivity index (χ0v) is 9.23. The molecule has 1 aliphatic heterocycles. The molecule has 0 bridgehead atoms. The molecule has 15 heavy (non-hydrogen) atoms. The molecule has 2 rings (SSSR count). The lowest BCUT2D eigenvalue weighted by molar-refractivity contribution is 0.409. The van der Waals surface area contributed by atoms with E-state index in [4.69, 9.17) is 4.74 Å². The number of likely N-dealkylation sites (N-methyl/N-ethyl adjacent to an activating group) is 1. The summed E-state index contributed by atoms with van der Waals surface area (Å²) >= 11 is 0. The predicted molar refractivity (Wildman–Crippen MR) is 60.3 cm³/mol. The number of methoxy groups -OCH3 is 1. The number of pyridine rings is 1. The van der Waals surface area contributed by atoms with E-state index in [2.05, 4.69) is 22.2 Å². The number of rotatable bonds is 3. The van der Waals surface area contributed by atoms with Gasteiger partial charge in [0.15, 0.2) is 11.6 Å². The van der Waals surface area contributed by atoms with Gasteiger partial charge in [-0.15, -0.1) is 0 Å². The first-order chi connectivity index (χ1) is 7.29. The van der Waals surface area contributed by atoms with Crippen LogP contribution >= 0.6 is 0 Å². The standard InChI is InChI=1S/C11H17N3O/c1-14-7-5-9(8-14)13-11-10(15-2)4-3-6-12-11/h3-4,6,9H,5,7-8H2,1-2H3,(H,12,13). The lowest BCUT2D eigenvalue weighted by Crippen LogP contribution is -2.24. The zero-order chi connectivity index (χ0) is 10.7. The predicted octanol–water partition coefficient (Wildman–Crippen LogP) is 1.21. The third kappa shape index (κ3) is 2.39. The maximum Gasteiger partial charge on any atom is 0.168 e.